The van der Waals surface area contributed by atoms with E-state index in [1.165, 1.54) is 12.1 Å². The van der Waals surface area contributed by atoms with Crippen molar-refractivity contribution in [3.8, 4) is 0 Å². The Morgan fingerprint density at radius 2 is 1.20 bits per heavy atom. The number of hydrogen-bond acceptors (Lipinski definition) is 3. The molecule has 5 nitrogen and oxygen atoms in total. The van der Waals surface area contributed by atoms with Crippen LogP contribution in [0.5, 0.6) is 0 Å². The number of rotatable bonds is 4. The van der Waals surface area contributed by atoms with Crippen LogP contribution in [0.15, 0.2) is 72.8 Å². The second kappa shape index (κ2) is 8.82. The molecular weight excluding hydrogens is 564 g/mol. The van der Waals surface area contributed by atoms with Crippen LogP contribution in [0.25, 0.3) is 0 Å². The predicted octanol–water partition coefficient (Wildman–Crippen LogP) is 6.26. The highest BCUT2D eigenvalue weighted by atomic mass is 35.5. The third-order valence-electron chi connectivity index (χ3n) is 8.29. The molecule has 206 valence electrons. The van der Waals surface area contributed by atoms with Crippen LogP contribution < -0.4 is 5.32 Å². The van der Waals surface area contributed by atoms with E-state index in [-0.39, 0.29) is 0 Å². The molecule has 0 unspecified atom stereocenters. The van der Waals surface area contributed by atoms with Crippen LogP contribution in [0.3, 0.4) is 0 Å². The molecule has 0 aromatic heterocycles. The first-order chi connectivity index (χ1) is 18.8. The largest absolute Gasteiger partial charge is 0.418 e. The minimum atomic E-state index is -4.72. The summed E-state index contributed by atoms with van der Waals surface area (Å²) in [6, 6.07) is 17.4. The summed E-state index contributed by atoms with van der Waals surface area (Å²) in [7, 11) is 0. The van der Waals surface area contributed by atoms with E-state index in [1.807, 2.05) is 0 Å². The lowest BCUT2D eigenvalue weighted by Gasteiger charge is -2.54. The smallest absolute Gasteiger partial charge is 0.324 e. The molecule has 1 fully saturated rings. The average molecular weight is 587 g/mol. The van der Waals surface area contributed by atoms with Gasteiger partial charge in [0.25, 0.3) is 0 Å². The standard InChI is InChI=1S/C30H23Cl2F3N2O3/c1-15(2)24(25(38)36-21-14-8-7-13-20(21)30(33,34)35)37-26(39)22-23(27(37)40)29(32)17-10-4-3-9-16(17)28(22,31)18-11-5-6-12-19(18)29/h3-15,22-24H,1-2H3,(H,36,38)/t22-,23-,24-,28?,29?/m0/s1. The number of nitrogens with zero attached hydrogens (tertiary/aromatic N) is 1. The van der Waals surface area contributed by atoms with Gasteiger partial charge in [0.05, 0.1) is 23.1 Å². The molecule has 3 amide bonds. The molecule has 0 saturated carbocycles. The minimum absolute atomic E-state index is 0.468. The average Bonchev–Trinajstić information content (AvgIpc) is 3.18. The van der Waals surface area contributed by atoms with E-state index in [1.54, 1.807) is 62.4 Å². The van der Waals surface area contributed by atoms with Crippen molar-refractivity contribution in [1.29, 1.82) is 0 Å². The van der Waals surface area contributed by atoms with Crippen LogP contribution in [-0.2, 0) is 30.3 Å². The number of amides is 3. The second-order valence-corrected chi connectivity index (χ2v) is 11.9. The number of carbonyl (C=O) groups is 3. The number of halogens is 5. The van der Waals surface area contributed by atoms with Gasteiger partial charge in [-0.3, -0.25) is 19.3 Å². The van der Waals surface area contributed by atoms with Gasteiger partial charge < -0.3 is 5.32 Å². The Balaban J connectivity index is 1.47. The van der Waals surface area contributed by atoms with Gasteiger partial charge in [0.15, 0.2) is 0 Å². The summed E-state index contributed by atoms with van der Waals surface area (Å²) in [5, 5.41) is 2.32. The summed E-state index contributed by atoms with van der Waals surface area (Å²) >= 11 is 14.9. The molecule has 3 aliphatic carbocycles. The van der Waals surface area contributed by atoms with Gasteiger partial charge in [-0.05, 0) is 40.3 Å². The van der Waals surface area contributed by atoms with E-state index in [2.05, 4.69) is 5.32 Å². The van der Waals surface area contributed by atoms with Crippen LogP contribution in [0.1, 0.15) is 41.7 Å². The second-order valence-electron chi connectivity index (χ2n) is 10.7. The van der Waals surface area contributed by atoms with E-state index >= 15 is 0 Å². The van der Waals surface area contributed by atoms with Crippen LogP contribution in [-0.4, -0.2) is 28.7 Å². The lowest BCUT2D eigenvalue weighted by molar-refractivity contribution is -0.148. The van der Waals surface area contributed by atoms with Crippen LogP contribution in [0, 0.1) is 17.8 Å². The zero-order valence-corrected chi connectivity index (χ0v) is 22.8. The summed E-state index contributed by atoms with van der Waals surface area (Å²) in [6.45, 7) is 3.24. The van der Waals surface area contributed by atoms with E-state index in [0.717, 1.165) is 17.0 Å². The van der Waals surface area contributed by atoms with Gasteiger partial charge in [0.2, 0.25) is 17.7 Å². The van der Waals surface area contributed by atoms with Crippen molar-refractivity contribution in [3.05, 3.63) is 101 Å². The zero-order valence-electron chi connectivity index (χ0n) is 21.3. The molecule has 0 radical (unpaired) electrons. The number of alkyl halides is 5. The van der Waals surface area contributed by atoms with Gasteiger partial charge in [0, 0.05) is 0 Å². The molecule has 10 heteroatoms. The van der Waals surface area contributed by atoms with Gasteiger partial charge in [-0.2, -0.15) is 13.2 Å². The van der Waals surface area contributed by atoms with Crippen LogP contribution in [0.2, 0.25) is 0 Å². The molecule has 3 aromatic rings. The first kappa shape index (κ1) is 26.8. The fourth-order valence-electron chi connectivity index (χ4n) is 6.73. The number of anilines is 1. The highest BCUT2D eigenvalue weighted by Gasteiger charge is 2.73. The van der Waals surface area contributed by atoms with Crippen molar-refractivity contribution in [2.24, 2.45) is 17.8 Å². The summed E-state index contributed by atoms with van der Waals surface area (Å²) in [4.78, 5) is 40.1. The monoisotopic (exact) mass is 586 g/mol. The van der Waals surface area contributed by atoms with Crippen LogP contribution in [0.4, 0.5) is 18.9 Å². The Morgan fingerprint density at radius 3 is 1.60 bits per heavy atom. The number of carbonyl (C=O) groups excluding carboxylic acids is 3. The molecule has 2 bridgehead atoms. The maximum Gasteiger partial charge on any atom is 0.418 e. The first-order valence-electron chi connectivity index (χ1n) is 12.8. The van der Waals surface area contributed by atoms with E-state index in [0.29, 0.717) is 22.3 Å². The Hall–Kier alpha value is -3.36. The van der Waals surface area contributed by atoms with Gasteiger partial charge >= 0.3 is 6.18 Å². The highest BCUT2D eigenvalue weighted by molar-refractivity contribution is 6.36. The van der Waals surface area contributed by atoms with Gasteiger partial charge in [-0.1, -0.05) is 74.5 Å². The van der Waals surface area contributed by atoms with E-state index < -0.39 is 68.7 Å². The number of likely N-dealkylation sites (tertiary alicyclic amines) is 1. The summed E-state index contributed by atoms with van der Waals surface area (Å²) in [5.74, 6) is -5.16. The first-order valence-corrected chi connectivity index (χ1v) is 13.5. The van der Waals surface area contributed by atoms with E-state index in [4.69, 9.17) is 23.2 Å². The molecule has 1 N–H and O–H groups in total. The topological polar surface area (TPSA) is 66.5 Å². The molecule has 3 aromatic carbocycles. The summed E-state index contributed by atoms with van der Waals surface area (Å²) in [5.41, 5.74) is 0.934. The highest BCUT2D eigenvalue weighted by Crippen LogP contribution is 2.69. The maximum absolute atomic E-state index is 14.2. The number of para-hydroxylation sites is 1. The fourth-order valence-corrected chi connectivity index (χ4v) is 7.82. The molecule has 1 heterocycles. The molecule has 1 saturated heterocycles. The molecule has 1 aliphatic heterocycles. The van der Waals surface area contributed by atoms with Crippen molar-refractivity contribution in [3.63, 3.8) is 0 Å². The van der Waals surface area contributed by atoms with Crippen molar-refractivity contribution >= 4 is 46.6 Å². The third kappa shape index (κ3) is 3.38. The van der Waals surface area contributed by atoms with Gasteiger partial charge in [0.1, 0.15) is 15.8 Å². The number of benzene rings is 3. The molecule has 3 atom stereocenters. The van der Waals surface area contributed by atoms with Gasteiger partial charge in [-0.25, -0.2) is 0 Å². The Bertz CT molecular complexity index is 1470. The number of hydrogen-bond donors (Lipinski definition) is 1. The number of nitrogens with one attached hydrogen (secondary N) is 1. The summed E-state index contributed by atoms with van der Waals surface area (Å²) in [6.07, 6.45) is -4.72. The Labute approximate surface area is 238 Å². The maximum atomic E-state index is 14.2. The normalized spacial score (nSPS) is 27.4. The Kier molecular flexibility index (Phi) is 5.92. The van der Waals surface area contributed by atoms with E-state index in [9.17, 15) is 27.6 Å². The SMILES string of the molecule is CC(C)[C@@H](C(=O)Nc1ccccc1C(F)(F)F)N1C(=O)[C@@H]2[C@@H](C1=O)C1(Cl)c3ccccc3C2(Cl)c2ccccc21. The van der Waals surface area contributed by atoms with Gasteiger partial charge in [-0.15, -0.1) is 23.2 Å². The third-order valence-corrected chi connectivity index (χ3v) is 9.57. The molecule has 4 aliphatic rings. The predicted molar refractivity (Wildman–Crippen MR) is 144 cm³/mol. The molecule has 7 rings (SSSR count). The molecular formula is C30H23Cl2F3N2O3. The van der Waals surface area contributed by atoms with Crippen molar-refractivity contribution in [1.82, 2.24) is 4.90 Å². The van der Waals surface area contributed by atoms with Crippen molar-refractivity contribution < 1.29 is 27.6 Å². The van der Waals surface area contributed by atoms with Crippen molar-refractivity contribution in [2.45, 2.75) is 35.8 Å². The van der Waals surface area contributed by atoms with Crippen molar-refractivity contribution in [2.75, 3.05) is 5.32 Å². The van der Waals surface area contributed by atoms with Crippen LogP contribution >= 0.6 is 23.2 Å². The number of imide groups is 1. The Morgan fingerprint density at radius 1 is 0.800 bits per heavy atom. The quantitative estimate of drug-likeness (QED) is 0.290. The molecule has 0 spiro atoms. The zero-order chi connectivity index (χ0) is 28.8. The lowest BCUT2D eigenvalue weighted by atomic mass is 9.54. The minimum Gasteiger partial charge on any atom is -0.324 e. The summed E-state index contributed by atoms with van der Waals surface area (Å²) < 4.78 is 40.9. The molecule has 40 heavy (non-hydrogen) atoms. The fraction of sp³-hybridized carbons (Fsp3) is 0.300. The lowest BCUT2D eigenvalue weighted by Crippen LogP contribution is -2.57.